The summed E-state index contributed by atoms with van der Waals surface area (Å²) in [6.45, 7) is 1.88. The third-order valence-corrected chi connectivity index (χ3v) is 3.08. The summed E-state index contributed by atoms with van der Waals surface area (Å²) < 4.78 is 10.1. The highest BCUT2D eigenvalue weighted by Gasteiger charge is 1.98. The Kier molecular flexibility index (Phi) is 6.74. The summed E-state index contributed by atoms with van der Waals surface area (Å²) in [5.41, 5.74) is 1.26. The van der Waals surface area contributed by atoms with Crippen molar-refractivity contribution in [3.63, 3.8) is 0 Å². The lowest BCUT2D eigenvalue weighted by atomic mass is 10.1. The van der Waals surface area contributed by atoms with Crippen molar-refractivity contribution in [1.82, 2.24) is 0 Å². The lowest BCUT2D eigenvalue weighted by molar-refractivity contribution is -0.109. The topological polar surface area (TPSA) is 35.5 Å². The fourth-order valence-electron chi connectivity index (χ4n) is 1.37. The molecule has 4 heteroatoms. The number of hydrogen-bond donors (Lipinski definition) is 0. The van der Waals surface area contributed by atoms with E-state index in [0.29, 0.717) is 0 Å². The van der Waals surface area contributed by atoms with E-state index < -0.39 is 0 Å². The lowest BCUT2D eigenvalue weighted by Crippen LogP contribution is -1.98. The highest BCUT2D eigenvalue weighted by Crippen LogP contribution is 2.14. The van der Waals surface area contributed by atoms with E-state index in [1.54, 1.807) is 14.0 Å². The molecule has 0 aliphatic rings. The van der Waals surface area contributed by atoms with Gasteiger partial charge in [0.2, 0.25) is 0 Å². The first-order chi connectivity index (χ1) is 8.22. The van der Waals surface area contributed by atoms with E-state index in [0.717, 1.165) is 24.3 Å². The molecule has 0 atom stereocenters. The van der Waals surface area contributed by atoms with Gasteiger partial charge in [-0.1, -0.05) is 23.9 Å². The van der Waals surface area contributed by atoms with Crippen molar-refractivity contribution in [1.29, 1.82) is 0 Å². The van der Waals surface area contributed by atoms with Crippen molar-refractivity contribution in [2.75, 3.05) is 19.7 Å². The van der Waals surface area contributed by atoms with E-state index in [1.165, 1.54) is 17.3 Å². The van der Waals surface area contributed by atoms with Crippen LogP contribution in [0.4, 0.5) is 0 Å². The Balaban J connectivity index is 2.27. The third-order valence-electron chi connectivity index (χ3n) is 2.18. The summed E-state index contributed by atoms with van der Waals surface area (Å²) in [4.78, 5) is 10.7. The monoisotopic (exact) mass is 254 g/mol. The average molecular weight is 254 g/mol. The molecule has 3 nitrogen and oxygen atoms in total. The molecule has 0 heterocycles. The van der Waals surface area contributed by atoms with E-state index >= 15 is 0 Å². The second-order valence-corrected chi connectivity index (χ2v) is 4.91. The smallest absolute Gasteiger partial charge is 0.188 e. The van der Waals surface area contributed by atoms with Crippen LogP contribution >= 0.6 is 11.8 Å². The second-order valence-electron chi connectivity index (χ2n) is 3.64. The fourth-order valence-corrected chi connectivity index (χ4v) is 1.95. The molecule has 0 bridgehead atoms. The molecule has 0 fully saturated rings. The van der Waals surface area contributed by atoms with Gasteiger partial charge < -0.3 is 9.47 Å². The zero-order chi connectivity index (χ0) is 12.5. The molecule has 0 unspecified atom stereocenters. The van der Waals surface area contributed by atoms with Crippen LogP contribution in [0.15, 0.2) is 24.3 Å². The number of carbonyl (C=O) groups excluding carboxylic acids is 1. The second kappa shape index (κ2) is 8.14. The molecular weight excluding hydrogens is 236 g/mol. The van der Waals surface area contributed by atoms with Gasteiger partial charge in [0, 0.05) is 19.8 Å². The van der Waals surface area contributed by atoms with Gasteiger partial charge in [-0.2, -0.15) is 0 Å². The zero-order valence-corrected chi connectivity index (χ0v) is 11.1. The maximum atomic E-state index is 10.7. The highest BCUT2D eigenvalue weighted by atomic mass is 32.2. The number of methoxy groups -OCH3 is 1. The number of thioether (sulfide) groups is 1. The van der Waals surface area contributed by atoms with Crippen LogP contribution in [0.2, 0.25) is 0 Å². The van der Waals surface area contributed by atoms with Crippen LogP contribution in [0.5, 0.6) is 5.75 Å². The number of ether oxygens (including phenoxy) is 2. The van der Waals surface area contributed by atoms with Crippen LogP contribution < -0.4 is 4.74 Å². The summed E-state index contributed by atoms with van der Waals surface area (Å²) in [7, 11) is 1.60. The molecule has 0 saturated heterocycles. The lowest BCUT2D eigenvalue weighted by Gasteiger charge is -2.05. The van der Waals surface area contributed by atoms with Gasteiger partial charge in [-0.3, -0.25) is 4.79 Å². The van der Waals surface area contributed by atoms with Gasteiger partial charge in [0.15, 0.2) is 11.9 Å². The SMILES string of the molecule is COCOc1ccc(CCCSC(C)=O)cc1. The van der Waals surface area contributed by atoms with E-state index in [-0.39, 0.29) is 11.9 Å². The molecule has 0 radical (unpaired) electrons. The van der Waals surface area contributed by atoms with Crippen LogP contribution in [-0.2, 0) is 16.0 Å². The number of carbonyl (C=O) groups is 1. The molecule has 0 aliphatic heterocycles. The Labute approximate surface area is 106 Å². The third kappa shape index (κ3) is 6.34. The normalized spacial score (nSPS) is 10.2. The summed E-state index contributed by atoms with van der Waals surface area (Å²) in [5, 5.41) is 0.188. The predicted molar refractivity (Wildman–Crippen MR) is 70.4 cm³/mol. The minimum Gasteiger partial charge on any atom is -0.468 e. The molecule has 0 spiro atoms. The number of rotatable bonds is 7. The molecule has 1 aromatic rings. The Morgan fingerprint density at radius 2 is 2.00 bits per heavy atom. The van der Waals surface area contributed by atoms with Gasteiger partial charge in [0.1, 0.15) is 5.75 Å². The standard InChI is InChI=1S/C13H18O3S/c1-11(14)17-9-3-4-12-5-7-13(8-6-12)16-10-15-2/h5-8H,3-4,9-10H2,1-2H3. The van der Waals surface area contributed by atoms with Crippen molar-refractivity contribution in [2.24, 2.45) is 0 Å². The van der Waals surface area contributed by atoms with Crippen LogP contribution in [0.3, 0.4) is 0 Å². The molecule has 0 aromatic heterocycles. The summed E-state index contributed by atoms with van der Waals surface area (Å²) in [5.74, 6) is 1.70. The van der Waals surface area contributed by atoms with Crippen LogP contribution in [0.25, 0.3) is 0 Å². The minimum atomic E-state index is 0.188. The first kappa shape index (κ1) is 14.1. The van der Waals surface area contributed by atoms with Gasteiger partial charge in [0.25, 0.3) is 0 Å². The van der Waals surface area contributed by atoms with Gasteiger partial charge >= 0.3 is 0 Å². The maximum Gasteiger partial charge on any atom is 0.188 e. The molecule has 0 saturated carbocycles. The Morgan fingerprint density at radius 1 is 1.29 bits per heavy atom. The molecule has 1 aromatic carbocycles. The summed E-state index contributed by atoms with van der Waals surface area (Å²) >= 11 is 1.38. The molecule has 0 aliphatic carbocycles. The molecule has 17 heavy (non-hydrogen) atoms. The molecule has 1 rings (SSSR count). The highest BCUT2D eigenvalue weighted by molar-refractivity contribution is 8.13. The zero-order valence-electron chi connectivity index (χ0n) is 10.3. The van der Waals surface area contributed by atoms with Gasteiger partial charge in [0.05, 0.1) is 0 Å². The van der Waals surface area contributed by atoms with E-state index in [9.17, 15) is 4.79 Å². The average Bonchev–Trinajstić information content (AvgIpc) is 2.33. The first-order valence-corrected chi connectivity index (χ1v) is 6.55. The van der Waals surface area contributed by atoms with Crippen molar-refractivity contribution in [2.45, 2.75) is 19.8 Å². The van der Waals surface area contributed by atoms with Crippen LogP contribution in [-0.4, -0.2) is 24.8 Å². The van der Waals surface area contributed by atoms with E-state index in [1.807, 2.05) is 24.3 Å². The summed E-state index contributed by atoms with van der Waals surface area (Å²) in [6.07, 6.45) is 2.01. The van der Waals surface area contributed by atoms with Crippen LogP contribution in [0, 0.1) is 0 Å². The maximum absolute atomic E-state index is 10.7. The molecule has 94 valence electrons. The van der Waals surface area contributed by atoms with Gasteiger partial charge in [-0.15, -0.1) is 0 Å². The van der Waals surface area contributed by atoms with Crippen molar-refractivity contribution in [3.8, 4) is 5.75 Å². The Morgan fingerprint density at radius 3 is 2.59 bits per heavy atom. The molecule has 0 amide bonds. The van der Waals surface area contributed by atoms with Crippen molar-refractivity contribution in [3.05, 3.63) is 29.8 Å². The molecular formula is C13H18O3S. The van der Waals surface area contributed by atoms with Crippen LogP contribution in [0.1, 0.15) is 18.9 Å². The number of benzene rings is 1. The van der Waals surface area contributed by atoms with Crippen molar-refractivity contribution < 1.29 is 14.3 Å². The fraction of sp³-hybridized carbons (Fsp3) is 0.462. The Bertz CT molecular complexity index is 335. The first-order valence-electron chi connectivity index (χ1n) is 5.56. The summed E-state index contributed by atoms with van der Waals surface area (Å²) in [6, 6.07) is 7.96. The quantitative estimate of drug-likeness (QED) is 0.553. The van der Waals surface area contributed by atoms with E-state index in [2.05, 4.69) is 0 Å². The van der Waals surface area contributed by atoms with E-state index in [4.69, 9.17) is 9.47 Å². The predicted octanol–water partition coefficient (Wildman–Crippen LogP) is 2.88. The number of aryl methyl sites for hydroxylation is 1. The minimum absolute atomic E-state index is 0.188. The largest absolute Gasteiger partial charge is 0.468 e. The molecule has 0 N–H and O–H groups in total. The van der Waals surface area contributed by atoms with Gasteiger partial charge in [-0.05, 0) is 30.5 Å². The van der Waals surface area contributed by atoms with Crippen molar-refractivity contribution >= 4 is 16.9 Å². The van der Waals surface area contributed by atoms with Gasteiger partial charge in [-0.25, -0.2) is 0 Å². The number of hydrogen-bond acceptors (Lipinski definition) is 4. The Hall–Kier alpha value is -1.00.